The molecule has 51 heavy (non-hydrogen) atoms. The predicted molar refractivity (Wildman–Crippen MR) is 219 cm³/mol. The first kappa shape index (κ1) is 28.4. The molecule has 0 fully saturated rings. The van der Waals surface area contributed by atoms with E-state index in [1.807, 2.05) is 11.3 Å². The van der Waals surface area contributed by atoms with Crippen molar-refractivity contribution in [1.29, 1.82) is 0 Å². The molecule has 0 atom stereocenters. The summed E-state index contributed by atoms with van der Waals surface area (Å²) in [7, 11) is 0. The molecule has 0 radical (unpaired) electrons. The first-order chi connectivity index (χ1) is 25.3. The van der Waals surface area contributed by atoms with Gasteiger partial charge >= 0.3 is 0 Å². The van der Waals surface area contributed by atoms with E-state index in [9.17, 15) is 0 Å². The van der Waals surface area contributed by atoms with Gasteiger partial charge in [-0.05, 0) is 89.0 Å². The lowest BCUT2D eigenvalue weighted by molar-refractivity contribution is 1.18. The number of aromatic nitrogens is 2. The standard InChI is InChI=1S/C48H30N2S/c1-2-12-31(13-3-1)32-14-10-15-35(28-32)49-41-19-7-4-16-36(41)39-29-33(24-26-43(39)49)34-25-27-44-40(30-34)37-17-5-8-20-42(37)50(44)45-21-11-23-47-48(45)38-18-6-9-22-46(38)51-47/h1-30H. The fourth-order valence-electron chi connectivity index (χ4n) is 8.24. The molecule has 0 saturated heterocycles. The Kier molecular flexibility index (Phi) is 6.16. The van der Waals surface area contributed by atoms with Crippen LogP contribution in [0.3, 0.4) is 0 Å². The number of hydrogen-bond donors (Lipinski definition) is 0. The Morgan fingerprint density at radius 1 is 0.314 bits per heavy atom. The molecule has 11 aromatic rings. The average Bonchev–Trinajstić information content (AvgIpc) is 3.85. The first-order valence-corrected chi connectivity index (χ1v) is 18.3. The van der Waals surface area contributed by atoms with Crippen LogP contribution < -0.4 is 0 Å². The van der Waals surface area contributed by atoms with Crippen LogP contribution in [0.2, 0.25) is 0 Å². The zero-order chi connectivity index (χ0) is 33.5. The van der Waals surface area contributed by atoms with Crippen molar-refractivity contribution in [3.05, 3.63) is 182 Å². The maximum Gasteiger partial charge on any atom is 0.0555 e. The van der Waals surface area contributed by atoms with Gasteiger partial charge in [-0.2, -0.15) is 0 Å². The van der Waals surface area contributed by atoms with Gasteiger partial charge in [-0.1, -0.05) is 115 Å². The molecule has 8 aromatic carbocycles. The van der Waals surface area contributed by atoms with Gasteiger partial charge in [0, 0.05) is 47.4 Å². The fraction of sp³-hybridized carbons (Fsp3) is 0. The molecule has 0 aliphatic heterocycles. The van der Waals surface area contributed by atoms with Gasteiger partial charge in [0.1, 0.15) is 0 Å². The number of thiophene rings is 1. The summed E-state index contributed by atoms with van der Waals surface area (Å²) in [6.45, 7) is 0. The molecule has 0 saturated carbocycles. The van der Waals surface area contributed by atoms with Crippen molar-refractivity contribution in [2.24, 2.45) is 0 Å². The van der Waals surface area contributed by atoms with E-state index in [0.29, 0.717) is 0 Å². The van der Waals surface area contributed by atoms with Gasteiger partial charge in [-0.15, -0.1) is 11.3 Å². The topological polar surface area (TPSA) is 9.86 Å². The molecule has 0 amide bonds. The van der Waals surface area contributed by atoms with Crippen LogP contribution in [-0.2, 0) is 0 Å². The Balaban J connectivity index is 1.10. The smallest absolute Gasteiger partial charge is 0.0555 e. The van der Waals surface area contributed by atoms with Crippen molar-refractivity contribution in [2.45, 2.75) is 0 Å². The number of fused-ring (bicyclic) bond motifs is 9. The predicted octanol–water partition coefficient (Wildman–Crippen LogP) is 13.6. The van der Waals surface area contributed by atoms with Gasteiger partial charge in [-0.25, -0.2) is 0 Å². The Labute approximate surface area is 298 Å². The molecule has 2 nitrogen and oxygen atoms in total. The summed E-state index contributed by atoms with van der Waals surface area (Å²) in [6, 6.07) is 66.6. The maximum atomic E-state index is 2.47. The zero-order valence-electron chi connectivity index (χ0n) is 27.6. The molecule has 3 aromatic heterocycles. The highest BCUT2D eigenvalue weighted by Gasteiger charge is 2.18. The Bertz CT molecular complexity index is 3140. The van der Waals surface area contributed by atoms with Gasteiger partial charge in [0.2, 0.25) is 0 Å². The van der Waals surface area contributed by atoms with E-state index in [2.05, 4.69) is 191 Å². The van der Waals surface area contributed by atoms with Gasteiger partial charge in [0.25, 0.3) is 0 Å². The third-order valence-corrected chi connectivity index (χ3v) is 11.6. The summed E-state index contributed by atoms with van der Waals surface area (Å²) in [5, 5.41) is 7.68. The van der Waals surface area contributed by atoms with Crippen molar-refractivity contribution in [3.63, 3.8) is 0 Å². The number of hydrogen-bond acceptors (Lipinski definition) is 1. The summed E-state index contributed by atoms with van der Waals surface area (Å²) >= 11 is 1.87. The van der Waals surface area contributed by atoms with E-state index in [-0.39, 0.29) is 0 Å². The van der Waals surface area contributed by atoms with Crippen molar-refractivity contribution in [2.75, 3.05) is 0 Å². The quantitative estimate of drug-likeness (QED) is 0.177. The van der Waals surface area contributed by atoms with Crippen LogP contribution >= 0.6 is 11.3 Å². The van der Waals surface area contributed by atoms with Gasteiger partial charge < -0.3 is 9.13 Å². The molecule has 0 aliphatic rings. The van der Waals surface area contributed by atoms with Crippen molar-refractivity contribution >= 4 is 75.1 Å². The van der Waals surface area contributed by atoms with Crippen LogP contribution in [0.4, 0.5) is 0 Å². The van der Waals surface area contributed by atoms with E-state index < -0.39 is 0 Å². The molecule has 0 aliphatic carbocycles. The first-order valence-electron chi connectivity index (χ1n) is 17.4. The average molecular weight is 667 g/mol. The minimum absolute atomic E-state index is 1.16. The number of para-hydroxylation sites is 2. The minimum atomic E-state index is 1.16. The van der Waals surface area contributed by atoms with E-state index >= 15 is 0 Å². The number of benzene rings is 8. The summed E-state index contributed by atoms with van der Waals surface area (Å²) in [5.41, 5.74) is 12.1. The van der Waals surface area contributed by atoms with Crippen LogP contribution in [0, 0.1) is 0 Å². The molecular weight excluding hydrogens is 637 g/mol. The molecule has 0 bridgehead atoms. The molecule has 0 spiro atoms. The van der Waals surface area contributed by atoms with Gasteiger partial charge in [-0.3, -0.25) is 0 Å². The van der Waals surface area contributed by atoms with Crippen LogP contribution in [0.1, 0.15) is 0 Å². The third kappa shape index (κ3) is 4.29. The summed E-state index contributed by atoms with van der Waals surface area (Å²) in [6.07, 6.45) is 0. The molecule has 3 heterocycles. The normalized spacial score (nSPS) is 11.9. The summed E-state index contributed by atoms with van der Waals surface area (Å²) < 4.78 is 7.52. The van der Waals surface area contributed by atoms with Crippen LogP contribution in [-0.4, -0.2) is 9.13 Å². The van der Waals surface area contributed by atoms with E-state index in [4.69, 9.17) is 0 Å². The summed E-state index contributed by atoms with van der Waals surface area (Å²) in [5.74, 6) is 0. The molecule has 238 valence electrons. The van der Waals surface area contributed by atoms with Gasteiger partial charge in [0.05, 0.1) is 27.8 Å². The monoisotopic (exact) mass is 666 g/mol. The maximum absolute atomic E-state index is 2.47. The molecule has 0 unspecified atom stereocenters. The third-order valence-electron chi connectivity index (χ3n) is 10.5. The second-order valence-corrected chi connectivity index (χ2v) is 14.4. The lowest BCUT2D eigenvalue weighted by atomic mass is 10.0. The number of nitrogens with zero attached hydrogens (tertiary/aromatic N) is 2. The fourth-order valence-corrected chi connectivity index (χ4v) is 9.37. The lowest BCUT2D eigenvalue weighted by Gasteiger charge is -2.11. The second kappa shape index (κ2) is 11.0. The highest BCUT2D eigenvalue weighted by molar-refractivity contribution is 7.25. The van der Waals surface area contributed by atoms with Gasteiger partial charge in [0.15, 0.2) is 0 Å². The highest BCUT2D eigenvalue weighted by Crippen LogP contribution is 2.42. The van der Waals surface area contributed by atoms with Crippen molar-refractivity contribution in [3.8, 4) is 33.6 Å². The second-order valence-electron chi connectivity index (χ2n) is 13.3. The van der Waals surface area contributed by atoms with Crippen molar-refractivity contribution in [1.82, 2.24) is 9.13 Å². The Hall–Kier alpha value is -6.42. The molecule has 11 rings (SSSR count). The number of rotatable bonds is 4. The summed E-state index contributed by atoms with van der Waals surface area (Å²) in [4.78, 5) is 0. The van der Waals surface area contributed by atoms with Crippen LogP contribution in [0.15, 0.2) is 182 Å². The van der Waals surface area contributed by atoms with Crippen molar-refractivity contribution < 1.29 is 0 Å². The molecule has 0 N–H and O–H groups in total. The van der Waals surface area contributed by atoms with Crippen LogP contribution in [0.25, 0.3) is 97.4 Å². The van der Waals surface area contributed by atoms with Crippen LogP contribution in [0.5, 0.6) is 0 Å². The highest BCUT2D eigenvalue weighted by atomic mass is 32.1. The van der Waals surface area contributed by atoms with E-state index in [1.54, 1.807) is 0 Å². The Morgan fingerprint density at radius 3 is 1.59 bits per heavy atom. The largest absolute Gasteiger partial charge is 0.309 e. The minimum Gasteiger partial charge on any atom is -0.309 e. The lowest BCUT2D eigenvalue weighted by Crippen LogP contribution is -1.94. The Morgan fingerprint density at radius 2 is 0.843 bits per heavy atom. The zero-order valence-corrected chi connectivity index (χ0v) is 28.4. The van der Waals surface area contributed by atoms with E-state index in [1.165, 1.54) is 91.7 Å². The molecular formula is C48H30N2S. The SMILES string of the molecule is c1ccc(-c2cccc(-n3c4ccccc4c4cc(-c5ccc6c(c5)c5ccccc5n6-c5cccc6sc7ccccc7c56)ccc43)c2)cc1. The molecule has 3 heteroatoms. The van der Waals surface area contributed by atoms with E-state index in [0.717, 1.165) is 5.69 Å².